The SMILES string of the molecule is COc1ccc(-c2cccc(C(=O)NCCO)c2)c2cc(Cc3cccc(C(F)(F)F)c3)oc12. The van der Waals surface area contributed by atoms with E-state index in [-0.39, 0.29) is 25.5 Å². The van der Waals surface area contributed by atoms with Crippen LogP contribution < -0.4 is 10.1 Å². The monoisotopic (exact) mass is 469 g/mol. The summed E-state index contributed by atoms with van der Waals surface area (Å²) >= 11 is 0. The molecule has 1 amide bonds. The Morgan fingerprint density at radius 1 is 1.06 bits per heavy atom. The van der Waals surface area contributed by atoms with Crippen molar-refractivity contribution in [1.29, 1.82) is 0 Å². The summed E-state index contributed by atoms with van der Waals surface area (Å²) in [5, 5.41) is 12.3. The molecular weight excluding hydrogens is 447 g/mol. The van der Waals surface area contributed by atoms with Crippen LogP contribution in [0.1, 0.15) is 27.2 Å². The van der Waals surface area contributed by atoms with Crippen molar-refractivity contribution in [3.8, 4) is 16.9 Å². The number of carbonyl (C=O) groups is 1. The molecule has 1 heterocycles. The molecule has 2 N–H and O–H groups in total. The molecule has 4 rings (SSSR count). The minimum Gasteiger partial charge on any atom is -0.493 e. The molecule has 4 aromatic rings. The highest BCUT2D eigenvalue weighted by Crippen LogP contribution is 2.38. The van der Waals surface area contributed by atoms with Gasteiger partial charge in [-0.2, -0.15) is 13.2 Å². The van der Waals surface area contributed by atoms with Crippen LogP contribution in [0.5, 0.6) is 5.75 Å². The van der Waals surface area contributed by atoms with Crippen molar-refractivity contribution in [1.82, 2.24) is 5.32 Å². The fourth-order valence-corrected chi connectivity index (χ4v) is 3.81. The van der Waals surface area contributed by atoms with Crippen molar-refractivity contribution < 1.29 is 32.2 Å². The minimum absolute atomic E-state index is 0.149. The van der Waals surface area contributed by atoms with Crippen LogP contribution in [0, 0.1) is 0 Å². The number of aliphatic hydroxyl groups is 1. The van der Waals surface area contributed by atoms with E-state index in [4.69, 9.17) is 14.3 Å². The third-order valence-electron chi connectivity index (χ3n) is 5.38. The van der Waals surface area contributed by atoms with Gasteiger partial charge in [0.1, 0.15) is 5.76 Å². The number of benzene rings is 3. The number of ether oxygens (including phenoxy) is 1. The number of hydrogen-bond acceptors (Lipinski definition) is 4. The molecule has 0 unspecified atom stereocenters. The van der Waals surface area contributed by atoms with Crippen LogP contribution in [0.2, 0.25) is 0 Å². The van der Waals surface area contributed by atoms with E-state index in [0.717, 1.165) is 23.3 Å². The summed E-state index contributed by atoms with van der Waals surface area (Å²) in [6, 6.07) is 17.5. The van der Waals surface area contributed by atoms with Crippen LogP contribution in [0.4, 0.5) is 13.2 Å². The number of halogens is 3. The van der Waals surface area contributed by atoms with Crippen molar-refractivity contribution in [2.45, 2.75) is 12.6 Å². The van der Waals surface area contributed by atoms with Crippen molar-refractivity contribution >= 4 is 16.9 Å². The fourth-order valence-electron chi connectivity index (χ4n) is 3.81. The second-order valence-corrected chi connectivity index (χ2v) is 7.71. The lowest BCUT2D eigenvalue weighted by Gasteiger charge is -2.09. The number of methoxy groups -OCH3 is 1. The van der Waals surface area contributed by atoms with Crippen LogP contribution in [-0.2, 0) is 12.6 Å². The maximum atomic E-state index is 13.1. The van der Waals surface area contributed by atoms with E-state index in [1.165, 1.54) is 13.2 Å². The number of aliphatic hydroxyl groups excluding tert-OH is 1. The van der Waals surface area contributed by atoms with Gasteiger partial charge in [-0.15, -0.1) is 0 Å². The number of hydrogen-bond donors (Lipinski definition) is 2. The van der Waals surface area contributed by atoms with Gasteiger partial charge in [-0.25, -0.2) is 0 Å². The first kappa shape index (κ1) is 23.4. The Bertz CT molecular complexity index is 1330. The summed E-state index contributed by atoms with van der Waals surface area (Å²) in [5.74, 6) is 0.667. The van der Waals surface area contributed by atoms with Gasteiger partial charge in [0.05, 0.1) is 19.3 Å². The first-order valence-corrected chi connectivity index (χ1v) is 10.5. The molecule has 0 atom stereocenters. The Morgan fingerprint density at radius 3 is 2.59 bits per heavy atom. The van der Waals surface area contributed by atoms with E-state index in [0.29, 0.717) is 33.6 Å². The van der Waals surface area contributed by atoms with E-state index < -0.39 is 11.7 Å². The highest BCUT2D eigenvalue weighted by atomic mass is 19.4. The Hall–Kier alpha value is -3.78. The number of furan rings is 1. The molecule has 8 heteroatoms. The maximum absolute atomic E-state index is 13.1. The number of amides is 1. The number of rotatable bonds is 7. The summed E-state index contributed by atoms with van der Waals surface area (Å²) in [6.45, 7) is -0.00925. The van der Waals surface area contributed by atoms with Crippen LogP contribution >= 0.6 is 0 Å². The summed E-state index contributed by atoms with van der Waals surface area (Å²) in [7, 11) is 1.51. The average Bonchev–Trinajstić information content (AvgIpc) is 3.25. The smallest absolute Gasteiger partial charge is 0.416 e. The van der Waals surface area contributed by atoms with E-state index in [1.54, 1.807) is 36.4 Å². The summed E-state index contributed by atoms with van der Waals surface area (Å²) in [6.07, 6.45) is -4.25. The number of nitrogens with one attached hydrogen (secondary N) is 1. The zero-order valence-electron chi connectivity index (χ0n) is 18.3. The first-order chi connectivity index (χ1) is 16.3. The van der Waals surface area contributed by atoms with Crippen molar-refractivity contribution in [3.05, 3.63) is 89.2 Å². The van der Waals surface area contributed by atoms with E-state index >= 15 is 0 Å². The molecule has 0 radical (unpaired) electrons. The van der Waals surface area contributed by atoms with Gasteiger partial charge < -0.3 is 19.6 Å². The van der Waals surface area contributed by atoms with Gasteiger partial charge in [0.15, 0.2) is 11.3 Å². The largest absolute Gasteiger partial charge is 0.493 e. The first-order valence-electron chi connectivity index (χ1n) is 10.5. The maximum Gasteiger partial charge on any atom is 0.416 e. The predicted molar refractivity (Wildman–Crippen MR) is 122 cm³/mol. The number of alkyl halides is 3. The molecular formula is C26H22F3NO4. The van der Waals surface area contributed by atoms with Gasteiger partial charge in [-0.3, -0.25) is 4.79 Å². The molecule has 176 valence electrons. The molecule has 0 aliphatic heterocycles. The second kappa shape index (κ2) is 9.61. The molecule has 0 aliphatic carbocycles. The summed E-state index contributed by atoms with van der Waals surface area (Å²) in [5.41, 5.74) is 2.20. The van der Waals surface area contributed by atoms with E-state index in [1.807, 2.05) is 12.1 Å². The van der Waals surface area contributed by atoms with E-state index in [9.17, 15) is 18.0 Å². The molecule has 0 spiro atoms. The van der Waals surface area contributed by atoms with Gasteiger partial charge in [0.2, 0.25) is 0 Å². The quantitative estimate of drug-likeness (QED) is 0.378. The van der Waals surface area contributed by atoms with Crippen LogP contribution in [0.25, 0.3) is 22.1 Å². The predicted octanol–water partition coefficient (Wildman–Crippen LogP) is 5.44. The van der Waals surface area contributed by atoms with Crippen LogP contribution in [0.15, 0.2) is 71.1 Å². The fraction of sp³-hybridized carbons (Fsp3) is 0.192. The summed E-state index contributed by atoms with van der Waals surface area (Å²) in [4.78, 5) is 12.3. The highest BCUT2D eigenvalue weighted by molar-refractivity contribution is 6.00. The zero-order chi connectivity index (χ0) is 24.3. The molecule has 0 saturated carbocycles. The normalized spacial score (nSPS) is 11.6. The molecule has 0 saturated heterocycles. The zero-order valence-corrected chi connectivity index (χ0v) is 18.3. The topological polar surface area (TPSA) is 71.7 Å². The van der Waals surface area contributed by atoms with Crippen molar-refractivity contribution in [3.63, 3.8) is 0 Å². The lowest BCUT2D eigenvalue weighted by Crippen LogP contribution is -2.26. The lowest BCUT2D eigenvalue weighted by atomic mass is 9.98. The van der Waals surface area contributed by atoms with Crippen molar-refractivity contribution in [2.24, 2.45) is 0 Å². The molecule has 5 nitrogen and oxygen atoms in total. The minimum atomic E-state index is -4.42. The second-order valence-electron chi connectivity index (χ2n) is 7.71. The lowest BCUT2D eigenvalue weighted by molar-refractivity contribution is -0.137. The standard InChI is InChI=1S/C26H22F3NO4/c1-33-23-9-8-21(17-5-3-6-18(14-17)25(32)30-10-11-31)22-15-20(34-24(22)23)13-16-4-2-7-19(12-16)26(27,28)29/h2-9,12,14-15,31H,10-11,13H2,1H3,(H,30,32). The number of carbonyl (C=O) groups excluding carboxylic acids is 1. The van der Waals surface area contributed by atoms with Gasteiger partial charge in [0, 0.05) is 23.9 Å². The van der Waals surface area contributed by atoms with Crippen LogP contribution in [-0.4, -0.2) is 31.3 Å². The average molecular weight is 469 g/mol. The Morgan fingerprint density at radius 2 is 1.85 bits per heavy atom. The summed E-state index contributed by atoms with van der Waals surface area (Å²) < 4.78 is 50.7. The van der Waals surface area contributed by atoms with E-state index in [2.05, 4.69) is 5.32 Å². The van der Waals surface area contributed by atoms with Gasteiger partial charge in [0.25, 0.3) is 5.91 Å². The molecule has 3 aromatic carbocycles. The van der Waals surface area contributed by atoms with Gasteiger partial charge >= 0.3 is 6.18 Å². The molecule has 0 bridgehead atoms. The third-order valence-corrected chi connectivity index (χ3v) is 5.38. The molecule has 34 heavy (non-hydrogen) atoms. The highest BCUT2D eigenvalue weighted by Gasteiger charge is 2.30. The Balaban J connectivity index is 1.73. The van der Waals surface area contributed by atoms with Crippen LogP contribution in [0.3, 0.4) is 0 Å². The Labute approximate surface area is 193 Å². The van der Waals surface area contributed by atoms with Crippen molar-refractivity contribution in [2.75, 3.05) is 20.3 Å². The van der Waals surface area contributed by atoms with Gasteiger partial charge in [-0.05, 0) is 53.1 Å². The molecule has 0 aliphatic rings. The van der Waals surface area contributed by atoms with Gasteiger partial charge in [-0.1, -0.05) is 30.3 Å². The Kier molecular flexibility index (Phi) is 6.61. The molecule has 0 fully saturated rings. The third kappa shape index (κ3) is 4.92. The number of fused-ring (bicyclic) bond motifs is 1. The molecule has 1 aromatic heterocycles.